The van der Waals surface area contributed by atoms with Gasteiger partial charge in [0.25, 0.3) is 5.91 Å². The molecule has 1 aromatic carbocycles. The lowest BCUT2D eigenvalue weighted by Gasteiger charge is -2.28. The van der Waals surface area contributed by atoms with Crippen molar-refractivity contribution in [2.75, 3.05) is 44.0 Å². The number of hydrogen-bond acceptors (Lipinski definition) is 9. The number of hydrogen-bond donors (Lipinski definition) is 1. The van der Waals surface area contributed by atoms with Crippen LogP contribution in [0.3, 0.4) is 0 Å². The summed E-state index contributed by atoms with van der Waals surface area (Å²) in [6.07, 6.45) is -0.258. The molecule has 0 spiro atoms. The van der Waals surface area contributed by atoms with Crippen molar-refractivity contribution in [2.24, 2.45) is 0 Å². The van der Waals surface area contributed by atoms with Crippen LogP contribution in [0.25, 0.3) is 0 Å². The smallest absolute Gasteiger partial charge is 0.338 e. The minimum Gasteiger partial charge on any atom is -0.484 e. The Bertz CT molecular complexity index is 1090. The fourth-order valence-electron chi connectivity index (χ4n) is 3.97. The molecule has 0 aliphatic carbocycles. The van der Waals surface area contributed by atoms with E-state index in [4.69, 9.17) is 14.2 Å². The Morgan fingerprint density at radius 1 is 1.23 bits per heavy atom. The van der Waals surface area contributed by atoms with Crippen LogP contribution in [0.5, 0.6) is 5.75 Å². The van der Waals surface area contributed by atoms with Crippen molar-refractivity contribution in [3.63, 3.8) is 0 Å². The van der Waals surface area contributed by atoms with Gasteiger partial charge in [-0.15, -0.1) is 5.10 Å². The number of aromatic nitrogens is 3. The quantitative estimate of drug-likeness (QED) is 0.431. The topological polar surface area (TPSA) is 108 Å². The average Bonchev–Trinajstić information content (AvgIpc) is 3.24. The Morgan fingerprint density at radius 2 is 1.94 bits per heavy atom. The summed E-state index contributed by atoms with van der Waals surface area (Å²) in [7, 11) is 0. The van der Waals surface area contributed by atoms with Gasteiger partial charge in [0, 0.05) is 18.8 Å². The third kappa shape index (κ3) is 5.79. The van der Waals surface area contributed by atoms with E-state index in [-0.39, 0.29) is 18.6 Å². The highest BCUT2D eigenvalue weighted by atomic mass is 32.2. The summed E-state index contributed by atoms with van der Waals surface area (Å²) in [5.74, 6) is 1.50. The fourth-order valence-corrected chi connectivity index (χ4v) is 4.52. The number of benzene rings is 1. The fraction of sp³-hybridized carbons (Fsp3) is 0.500. The van der Waals surface area contributed by atoms with E-state index >= 15 is 0 Å². The summed E-state index contributed by atoms with van der Waals surface area (Å²) < 4.78 is 18.3. The van der Waals surface area contributed by atoms with Gasteiger partial charge < -0.3 is 24.4 Å². The highest BCUT2D eigenvalue weighted by Crippen LogP contribution is 2.37. The lowest BCUT2D eigenvalue weighted by Crippen LogP contribution is -2.42. The maximum absolute atomic E-state index is 13.1. The Hall–Kier alpha value is -3.05. The maximum Gasteiger partial charge on any atom is 0.338 e. The molecule has 1 amide bonds. The first kappa shape index (κ1) is 25.1. The third-order valence-electron chi connectivity index (χ3n) is 5.59. The highest BCUT2D eigenvalue weighted by molar-refractivity contribution is 7.99. The van der Waals surface area contributed by atoms with Crippen molar-refractivity contribution in [1.29, 1.82) is 0 Å². The number of carbonyl (C=O) groups excluding carboxylic acids is 2. The first-order valence-electron chi connectivity index (χ1n) is 11.7. The number of thioether (sulfide) groups is 1. The number of nitrogens with zero attached hydrogens (tertiary/aromatic N) is 4. The number of allylic oxidation sites excluding steroid dienone is 1. The van der Waals surface area contributed by atoms with E-state index in [0.717, 1.165) is 11.3 Å². The van der Waals surface area contributed by atoms with Crippen LogP contribution in [0.1, 0.15) is 39.3 Å². The molecule has 1 aromatic heterocycles. The van der Waals surface area contributed by atoms with E-state index in [1.54, 1.807) is 21.7 Å². The van der Waals surface area contributed by atoms with Gasteiger partial charge in [-0.3, -0.25) is 4.79 Å². The number of anilines is 1. The Labute approximate surface area is 209 Å². The lowest BCUT2D eigenvalue weighted by atomic mass is 9.95. The zero-order valence-corrected chi connectivity index (χ0v) is 21.3. The normalized spacial score (nSPS) is 17.7. The zero-order valence-electron chi connectivity index (χ0n) is 20.4. The summed E-state index contributed by atoms with van der Waals surface area (Å²) in [6, 6.07) is 6.82. The minimum absolute atomic E-state index is 0.0392. The molecule has 1 saturated heterocycles. The molecule has 4 rings (SSSR count). The average molecular weight is 502 g/mol. The standard InChI is InChI=1S/C24H31N5O5S/c1-5-35-24-26-23-25-16(4)20(22(31)34-15(2)3)21(29(23)27-24)17-6-8-18(9-7-17)33-14-19(30)28-10-12-32-13-11-28/h6-9,15,21H,5,10-14H2,1-4H3,(H,25,26,27). The van der Waals surface area contributed by atoms with Crippen molar-refractivity contribution in [3.8, 4) is 5.75 Å². The van der Waals surface area contributed by atoms with E-state index in [0.29, 0.717) is 54.4 Å². The molecule has 2 aliphatic heterocycles. The highest BCUT2D eigenvalue weighted by Gasteiger charge is 2.35. The monoisotopic (exact) mass is 501 g/mol. The Kier molecular flexibility index (Phi) is 7.97. The van der Waals surface area contributed by atoms with Crippen LogP contribution >= 0.6 is 11.8 Å². The SMILES string of the molecule is CCSc1nc2n(n1)C(c1ccc(OCC(=O)N3CCOCC3)cc1)C(C(=O)OC(C)C)=C(C)N2. The van der Waals surface area contributed by atoms with Crippen molar-refractivity contribution < 1.29 is 23.8 Å². The van der Waals surface area contributed by atoms with Gasteiger partial charge in [-0.1, -0.05) is 30.8 Å². The van der Waals surface area contributed by atoms with E-state index in [1.165, 1.54) is 11.8 Å². The number of amides is 1. The Balaban J connectivity index is 1.57. The molecule has 1 atom stereocenters. The number of fused-ring (bicyclic) bond motifs is 1. The van der Waals surface area contributed by atoms with Crippen molar-refractivity contribution in [3.05, 3.63) is 41.1 Å². The number of esters is 1. The van der Waals surface area contributed by atoms with Crippen LogP contribution < -0.4 is 10.1 Å². The summed E-state index contributed by atoms with van der Waals surface area (Å²) in [4.78, 5) is 31.8. The molecule has 0 bridgehead atoms. The van der Waals surface area contributed by atoms with Crippen LogP contribution in [-0.4, -0.2) is 76.3 Å². The van der Waals surface area contributed by atoms with Gasteiger partial charge in [-0.25, -0.2) is 9.48 Å². The van der Waals surface area contributed by atoms with E-state index in [1.807, 2.05) is 39.8 Å². The van der Waals surface area contributed by atoms with Gasteiger partial charge in [0.05, 0.1) is 24.9 Å². The van der Waals surface area contributed by atoms with Crippen molar-refractivity contribution in [2.45, 2.75) is 45.0 Å². The maximum atomic E-state index is 13.1. The number of morpholine rings is 1. The van der Waals surface area contributed by atoms with Crippen molar-refractivity contribution >= 4 is 29.6 Å². The number of ether oxygens (including phenoxy) is 3. The second-order valence-electron chi connectivity index (χ2n) is 8.47. The van der Waals surface area contributed by atoms with E-state index < -0.39 is 12.0 Å². The van der Waals surface area contributed by atoms with Gasteiger partial charge in [0.1, 0.15) is 11.8 Å². The molecule has 1 fully saturated rings. The number of nitrogens with one attached hydrogen (secondary N) is 1. The molecule has 0 radical (unpaired) electrons. The summed E-state index contributed by atoms with van der Waals surface area (Å²) in [5.41, 5.74) is 1.97. The lowest BCUT2D eigenvalue weighted by molar-refractivity contribution is -0.143. The second kappa shape index (κ2) is 11.1. The molecular weight excluding hydrogens is 470 g/mol. The first-order valence-corrected chi connectivity index (χ1v) is 12.7. The van der Waals surface area contributed by atoms with Gasteiger partial charge in [0.15, 0.2) is 6.61 Å². The van der Waals surface area contributed by atoms with E-state index in [2.05, 4.69) is 15.4 Å². The molecule has 2 aromatic rings. The summed E-state index contributed by atoms with van der Waals surface area (Å²) in [5, 5.41) is 8.48. The molecular formula is C24H31N5O5S. The number of carbonyl (C=O) groups is 2. The molecule has 10 nitrogen and oxygen atoms in total. The zero-order chi connectivity index (χ0) is 24.9. The van der Waals surface area contributed by atoms with Gasteiger partial charge >= 0.3 is 5.97 Å². The van der Waals surface area contributed by atoms with Crippen LogP contribution in [0, 0.1) is 0 Å². The molecule has 1 N–H and O–H groups in total. The predicted molar refractivity (Wildman–Crippen MR) is 131 cm³/mol. The molecule has 11 heteroatoms. The molecule has 3 heterocycles. The van der Waals surface area contributed by atoms with Crippen LogP contribution in [0.15, 0.2) is 40.7 Å². The van der Waals surface area contributed by atoms with Crippen LogP contribution in [0.4, 0.5) is 5.95 Å². The number of rotatable bonds is 8. The first-order chi connectivity index (χ1) is 16.9. The summed E-state index contributed by atoms with van der Waals surface area (Å²) in [6.45, 7) is 9.73. The van der Waals surface area contributed by atoms with Crippen LogP contribution in [-0.2, 0) is 19.1 Å². The minimum atomic E-state index is -0.514. The van der Waals surface area contributed by atoms with Gasteiger partial charge in [0.2, 0.25) is 11.1 Å². The van der Waals surface area contributed by atoms with Gasteiger partial charge in [-0.2, -0.15) is 4.98 Å². The third-order valence-corrected chi connectivity index (χ3v) is 6.31. The Morgan fingerprint density at radius 3 is 2.60 bits per heavy atom. The molecule has 0 saturated carbocycles. The van der Waals surface area contributed by atoms with E-state index in [9.17, 15) is 9.59 Å². The van der Waals surface area contributed by atoms with Gasteiger partial charge in [-0.05, 0) is 44.2 Å². The molecule has 2 aliphatic rings. The summed E-state index contributed by atoms with van der Waals surface area (Å²) >= 11 is 1.53. The second-order valence-corrected chi connectivity index (χ2v) is 9.70. The molecule has 35 heavy (non-hydrogen) atoms. The van der Waals surface area contributed by atoms with Crippen LogP contribution in [0.2, 0.25) is 0 Å². The van der Waals surface area contributed by atoms with Crippen molar-refractivity contribution in [1.82, 2.24) is 19.7 Å². The molecule has 1 unspecified atom stereocenters. The predicted octanol–water partition coefficient (Wildman–Crippen LogP) is 2.87. The molecule has 188 valence electrons. The largest absolute Gasteiger partial charge is 0.484 e.